The van der Waals surface area contributed by atoms with Crippen molar-refractivity contribution < 1.29 is 14.4 Å². The molecule has 4 aliphatic rings. The van der Waals surface area contributed by atoms with Crippen LogP contribution in [0.2, 0.25) is 0 Å². The van der Waals surface area contributed by atoms with E-state index >= 15 is 0 Å². The molecule has 0 heterocycles. The van der Waals surface area contributed by atoms with Gasteiger partial charge in [0.15, 0.2) is 0 Å². The number of hydrogen-bond acceptors (Lipinski definition) is 3. The van der Waals surface area contributed by atoms with Gasteiger partial charge in [0.05, 0.1) is 5.56 Å². The summed E-state index contributed by atoms with van der Waals surface area (Å²) in [5, 5.41) is 2.79. The largest absolute Gasteiger partial charge is 0.340 e. The van der Waals surface area contributed by atoms with Crippen LogP contribution in [-0.4, -0.2) is 23.8 Å². The maximum absolute atomic E-state index is 12.8. The van der Waals surface area contributed by atoms with Crippen LogP contribution in [0.3, 0.4) is 0 Å². The van der Waals surface area contributed by atoms with Gasteiger partial charge in [-0.3, -0.25) is 25.2 Å². The smallest absolute Gasteiger partial charge is 0.261 e. The molecule has 31 heavy (non-hydrogen) atoms. The second-order valence-corrected chi connectivity index (χ2v) is 11.2. The van der Waals surface area contributed by atoms with Crippen molar-refractivity contribution >= 4 is 33.7 Å². The standard InChI is InChI=1S/C24H32BrN3O3/c1-14(2)21(26-22(30)18-5-3-4-6-19(18)25)23(31)28-27-20(29)13-24-10-15-7-16(11-24)9-17(8-15)12-24/h3-6,14-17,21H,7-13H2,1-2H3,(H,26,30)(H,27,29)(H,28,31). The number of hydrogen-bond donors (Lipinski definition) is 3. The second-order valence-electron chi connectivity index (χ2n) is 10.3. The van der Waals surface area contributed by atoms with E-state index in [-0.39, 0.29) is 23.1 Å². The quantitative estimate of drug-likeness (QED) is 0.528. The molecule has 1 atom stereocenters. The number of carbonyl (C=O) groups is 3. The van der Waals surface area contributed by atoms with E-state index in [0.717, 1.165) is 37.0 Å². The molecule has 7 heteroatoms. The number of benzene rings is 1. The van der Waals surface area contributed by atoms with Crippen molar-refractivity contribution in [3.8, 4) is 0 Å². The number of halogens is 1. The van der Waals surface area contributed by atoms with Crippen LogP contribution in [0.4, 0.5) is 0 Å². The zero-order valence-electron chi connectivity index (χ0n) is 18.2. The number of hydrazine groups is 1. The summed E-state index contributed by atoms with van der Waals surface area (Å²) in [6.45, 7) is 3.73. The summed E-state index contributed by atoms with van der Waals surface area (Å²) < 4.78 is 0.666. The molecule has 4 fully saturated rings. The number of carbonyl (C=O) groups excluding carboxylic acids is 3. The monoisotopic (exact) mass is 489 g/mol. The van der Waals surface area contributed by atoms with Gasteiger partial charge < -0.3 is 5.32 Å². The van der Waals surface area contributed by atoms with Crippen molar-refractivity contribution in [2.75, 3.05) is 0 Å². The van der Waals surface area contributed by atoms with Crippen LogP contribution in [0.1, 0.15) is 69.2 Å². The molecule has 0 radical (unpaired) electrons. The first-order valence-electron chi connectivity index (χ1n) is 11.4. The summed E-state index contributed by atoms with van der Waals surface area (Å²) in [6, 6.07) is 6.33. The molecule has 0 saturated heterocycles. The van der Waals surface area contributed by atoms with Crippen LogP contribution >= 0.6 is 15.9 Å². The molecule has 3 N–H and O–H groups in total. The molecule has 1 aromatic carbocycles. The van der Waals surface area contributed by atoms with E-state index in [1.807, 2.05) is 19.9 Å². The van der Waals surface area contributed by atoms with E-state index < -0.39 is 11.9 Å². The van der Waals surface area contributed by atoms with Crippen molar-refractivity contribution in [1.82, 2.24) is 16.2 Å². The molecule has 6 nitrogen and oxygen atoms in total. The van der Waals surface area contributed by atoms with Gasteiger partial charge in [0.1, 0.15) is 6.04 Å². The molecular formula is C24H32BrN3O3. The Morgan fingerprint density at radius 1 is 1.00 bits per heavy atom. The Bertz CT molecular complexity index is 834. The SMILES string of the molecule is CC(C)C(NC(=O)c1ccccc1Br)C(=O)NNC(=O)CC12CC3CC(CC(C3)C1)C2. The van der Waals surface area contributed by atoms with Gasteiger partial charge in [-0.05, 0) is 95.7 Å². The highest BCUT2D eigenvalue weighted by molar-refractivity contribution is 9.10. The van der Waals surface area contributed by atoms with Crippen molar-refractivity contribution in [3.63, 3.8) is 0 Å². The zero-order chi connectivity index (χ0) is 22.2. The highest BCUT2D eigenvalue weighted by atomic mass is 79.9. The Morgan fingerprint density at radius 3 is 2.13 bits per heavy atom. The van der Waals surface area contributed by atoms with E-state index in [4.69, 9.17) is 0 Å². The fraction of sp³-hybridized carbons (Fsp3) is 0.625. The Labute approximate surface area is 192 Å². The van der Waals surface area contributed by atoms with Crippen LogP contribution < -0.4 is 16.2 Å². The Balaban J connectivity index is 1.31. The lowest BCUT2D eigenvalue weighted by Crippen LogP contribution is -2.55. The minimum Gasteiger partial charge on any atom is -0.340 e. The predicted molar refractivity (Wildman–Crippen MR) is 122 cm³/mol. The van der Waals surface area contributed by atoms with E-state index in [1.165, 1.54) is 19.3 Å². The number of nitrogens with one attached hydrogen (secondary N) is 3. The van der Waals surface area contributed by atoms with Crippen LogP contribution in [0.5, 0.6) is 0 Å². The van der Waals surface area contributed by atoms with Gasteiger partial charge in [0.2, 0.25) is 5.91 Å². The molecule has 5 rings (SSSR count). The lowest BCUT2D eigenvalue weighted by atomic mass is 9.49. The van der Waals surface area contributed by atoms with Crippen LogP contribution in [0.25, 0.3) is 0 Å². The Kier molecular flexibility index (Phi) is 6.42. The fourth-order valence-corrected chi connectivity index (χ4v) is 6.96. The predicted octanol–water partition coefficient (Wildman–Crippen LogP) is 3.96. The summed E-state index contributed by atoms with van der Waals surface area (Å²) in [5.74, 6) is 1.35. The molecule has 0 aromatic heterocycles. The van der Waals surface area contributed by atoms with Crippen LogP contribution in [-0.2, 0) is 9.59 Å². The first kappa shape index (κ1) is 22.3. The highest BCUT2D eigenvalue weighted by Gasteiger charge is 2.51. The van der Waals surface area contributed by atoms with Gasteiger partial charge >= 0.3 is 0 Å². The van der Waals surface area contributed by atoms with E-state index in [9.17, 15) is 14.4 Å². The maximum atomic E-state index is 12.8. The zero-order valence-corrected chi connectivity index (χ0v) is 19.8. The van der Waals surface area contributed by atoms with Gasteiger partial charge in [-0.1, -0.05) is 26.0 Å². The average Bonchev–Trinajstić information content (AvgIpc) is 2.68. The first-order chi connectivity index (χ1) is 14.7. The summed E-state index contributed by atoms with van der Waals surface area (Å²) >= 11 is 3.37. The molecule has 3 amide bonds. The Morgan fingerprint density at radius 2 is 1.58 bits per heavy atom. The van der Waals surface area contributed by atoms with E-state index in [2.05, 4.69) is 32.1 Å². The van der Waals surface area contributed by atoms with Crippen molar-refractivity contribution in [3.05, 3.63) is 34.3 Å². The maximum Gasteiger partial charge on any atom is 0.261 e. The summed E-state index contributed by atoms with van der Waals surface area (Å²) in [7, 11) is 0. The van der Waals surface area contributed by atoms with Crippen molar-refractivity contribution in [2.24, 2.45) is 29.1 Å². The summed E-state index contributed by atoms with van der Waals surface area (Å²) in [5.41, 5.74) is 5.76. The molecule has 0 aliphatic heterocycles. The molecular weight excluding hydrogens is 458 g/mol. The minimum absolute atomic E-state index is 0.120. The second kappa shape index (κ2) is 8.93. The molecule has 4 saturated carbocycles. The fourth-order valence-electron chi connectivity index (χ4n) is 6.50. The minimum atomic E-state index is -0.751. The summed E-state index contributed by atoms with van der Waals surface area (Å²) in [4.78, 5) is 38.1. The molecule has 4 aliphatic carbocycles. The van der Waals surface area contributed by atoms with Gasteiger partial charge in [-0.25, -0.2) is 0 Å². The lowest BCUT2D eigenvalue weighted by molar-refractivity contribution is -0.135. The first-order valence-corrected chi connectivity index (χ1v) is 12.2. The molecule has 4 bridgehead atoms. The van der Waals surface area contributed by atoms with Gasteiger partial charge in [-0.15, -0.1) is 0 Å². The third kappa shape index (κ3) is 4.97. The van der Waals surface area contributed by atoms with Gasteiger partial charge in [-0.2, -0.15) is 0 Å². The van der Waals surface area contributed by atoms with Crippen molar-refractivity contribution in [1.29, 1.82) is 0 Å². The lowest BCUT2D eigenvalue weighted by Gasteiger charge is -2.56. The summed E-state index contributed by atoms with van der Waals surface area (Å²) in [6.07, 6.45) is 7.94. The molecule has 1 aromatic rings. The molecule has 0 spiro atoms. The Hall–Kier alpha value is -1.89. The average molecular weight is 490 g/mol. The highest BCUT2D eigenvalue weighted by Crippen LogP contribution is 2.61. The normalized spacial score (nSPS) is 29.5. The van der Waals surface area contributed by atoms with E-state index in [0.29, 0.717) is 16.5 Å². The van der Waals surface area contributed by atoms with Gasteiger partial charge in [0.25, 0.3) is 11.8 Å². The van der Waals surface area contributed by atoms with Crippen molar-refractivity contribution in [2.45, 2.75) is 64.8 Å². The third-order valence-corrected chi connectivity index (χ3v) is 8.07. The van der Waals surface area contributed by atoms with E-state index in [1.54, 1.807) is 18.2 Å². The van der Waals surface area contributed by atoms with Crippen LogP contribution in [0.15, 0.2) is 28.7 Å². The topological polar surface area (TPSA) is 87.3 Å². The molecule has 168 valence electrons. The van der Waals surface area contributed by atoms with Crippen LogP contribution in [0, 0.1) is 29.1 Å². The number of amides is 3. The third-order valence-electron chi connectivity index (χ3n) is 7.38. The van der Waals surface area contributed by atoms with Gasteiger partial charge in [0, 0.05) is 10.9 Å². The molecule has 1 unspecified atom stereocenters. The number of rotatable bonds is 6.